The van der Waals surface area contributed by atoms with Crippen molar-refractivity contribution in [1.29, 1.82) is 0 Å². The average Bonchev–Trinajstić information content (AvgIpc) is 3.63. The number of nitrogens with zero attached hydrogens (tertiary/aromatic N) is 5. The molecule has 69 heavy (non-hydrogen) atoms. The standard InChI is InChI=1S/C54H61ClF3N5O6/c1-35(34-69-47-20-26-59-45-15-8-11-36(2)48(45)47)29-38-30-37-17-18-42(68-28-10-27-62(3)33-40-19-25-60-49(61-40)43-14-6-7-16-46(43)66-4)32-44(37)52(38)21-23-53(24-22-52,51(65)67-5)63(50(64)54(56,57)58)41-13-9-12-39(55)31-41/h6-7,9,12-14,16-20,25-26,31-32,35-36,38H,8,10-11,15,21-24,27-30,33-34H2,1-5H3/t35-,36-,38+,52?,53?/m1/s1. The van der Waals surface area contributed by atoms with Gasteiger partial charge in [0.25, 0.3) is 0 Å². The lowest BCUT2D eigenvalue weighted by molar-refractivity contribution is -0.174. The first kappa shape index (κ1) is 49.7. The molecule has 0 aliphatic heterocycles. The van der Waals surface area contributed by atoms with Crippen LogP contribution < -0.4 is 19.1 Å². The Kier molecular flexibility index (Phi) is 15.2. The highest BCUT2D eigenvalue weighted by molar-refractivity contribution is 6.31. The number of ether oxygens (including phenoxy) is 4. The number of halogens is 4. The van der Waals surface area contributed by atoms with E-state index in [9.17, 15) is 22.8 Å². The number of hydrogen-bond acceptors (Lipinski definition) is 10. The summed E-state index contributed by atoms with van der Waals surface area (Å²) in [5, 5.41) is 0.131. The summed E-state index contributed by atoms with van der Waals surface area (Å²) >= 11 is 6.31. The third kappa shape index (κ3) is 10.6. The molecule has 366 valence electrons. The number of rotatable bonds is 17. The molecule has 0 unspecified atom stereocenters. The SMILES string of the molecule is COC(=O)C1(N(C(=O)C(F)(F)F)c2cccc(Cl)c2)CCC2(CC1)c1cc(OCCCN(C)Cc3ccnc(-c4ccccc4OC)n3)ccc1C[C@@H]2C[C@@H](C)COc1ccnc2c1[C@H](C)CCC2. The van der Waals surface area contributed by atoms with Crippen molar-refractivity contribution < 1.29 is 41.7 Å². The second-order valence-corrected chi connectivity index (χ2v) is 19.6. The van der Waals surface area contributed by atoms with Crippen LogP contribution in [0.3, 0.4) is 0 Å². The number of para-hydroxylation sites is 1. The third-order valence-electron chi connectivity index (χ3n) is 14.6. The molecule has 3 aliphatic carbocycles. The molecule has 1 spiro atoms. The predicted octanol–water partition coefficient (Wildman–Crippen LogP) is 11.1. The van der Waals surface area contributed by atoms with Gasteiger partial charge in [-0.25, -0.2) is 14.8 Å². The fourth-order valence-electron chi connectivity index (χ4n) is 11.3. The predicted molar refractivity (Wildman–Crippen MR) is 259 cm³/mol. The second kappa shape index (κ2) is 21.1. The summed E-state index contributed by atoms with van der Waals surface area (Å²) in [6, 6.07) is 23.3. The van der Waals surface area contributed by atoms with Crippen LogP contribution in [0.5, 0.6) is 17.2 Å². The lowest BCUT2D eigenvalue weighted by Crippen LogP contribution is -2.63. The van der Waals surface area contributed by atoms with Gasteiger partial charge in [-0.1, -0.05) is 49.7 Å². The Hall–Kier alpha value is -5.73. The molecule has 0 saturated heterocycles. The minimum atomic E-state index is -5.28. The van der Waals surface area contributed by atoms with Crippen LogP contribution in [0.1, 0.15) is 99.2 Å². The Morgan fingerprint density at radius 2 is 1.71 bits per heavy atom. The van der Waals surface area contributed by atoms with Crippen molar-refractivity contribution in [3.8, 4) is 28.6 Å². The molecule has 3 aromatic carbocycles. The number of alkyl halides is 3. The molecule has 1 fully saturated rings. The van der Waals surface area contributed by atoms with Crippen molar-refractivity contribution in [3.63, 3.8) is 0 Å². The number of aryl methyl sites for hydroxylation is 1. The maximum Gasteiger partial charge on any atom is 0.471 e. The average molecular weight is 969 g/mol. The zero-order valence-corrected chi connectivity index (χ0v) is 40.7. The fourth-order valence-corrected chi connectivity index (χ4v) is 11.4. The van der Waals surface area contributed by atoms with Crippen LogP contribution >= 0.6 is 11.6 Å². The van der Waals surface area contributed by atoms with Crippen LogP contribution in [0, 0.1) is 11.8 Å². The summed E-state index contributed by atoms with van der Waals surface area (Å²) in [6.07, 6.45) is 4.16. The zero-order chi connectivity index (χ0) is 48.9. The Labute approximate surface area is 407 Å². The summed E-state index contributed by atoms with van der Waals surface area (Å²) in [5.41, 5.74) is 3.58. The monoisotopic (exact) mass is 967 g/mol. The van der Waals surface area contributed by atoms with Crippen molar-refractivity contribution in [3.05, 3.63) is 124 Å². The maximum atomic E-state index is 14.6. The topological polar surface area (TPSA) is 116 Å². The molecule has 3 atom stereocenters. The van der Waals surface area contributed by atoms with Gasteiger partial charge < -0.3 is 23.8 Å². The first-order valence-corrected chi connectivity index (χ1v) is 24.3. The maximum absolute atomic E-state index is 14.6. The summed E-state index contributed by atoms with van der Waals surface area (Å²) in [6.45, 7) is 6.66. The van der Waals surface area contributed by atoms with E-state index in [1.807, 2.05) is 55.7 Å². The van der Waals surface area contributed by atoms with E-state index in [1.165, 1.54) is 29.8 Å². The lowest BCUT2D eigenvalue weighted by Gasteiger charge is -2.51. The van der Waals surface area contributed by atoms with Gasteiger partial charge in [-0.3, -0.25) is 14.7 Å². The Balaban J connectivity index is 1.02. The highest BCUT2D eigenvalue weighted by Gasteiger charge is 2.60. The number of carbonyl (C=O) groups is 2. The van der Waals surface area contributed by atoms with E-state index in [0.717, 1.165) is 86.0 Å². The summed E-state index contributed by atoms with van der Waals surface area (Å²) in [4.78, 5) is 44.3. The van der Waals surface area contributed by atoms with Crippen molar-refractivity contribution in [2.24, 2.45) is 11.8 Å². The van der Waals surface area contributed by atoms with Gasteiger partial charge in [-0.15, -0.1) is 0 Å². The first-order valence-electron chi connectivity index (χ1n) is 23.9. The number of esters is 1. The molecule has 11 nitrogen and oxygen atoms in total. The number of hydrogen-bond donors (Lipinski definition) is 0. The molecule has 2 aromatic heterocycles. The van der Waals surface area contributed by atoms with Crippen molar-refractivity contribution >= 4 is 29.2 Å². The number of methoxy groups -OCH3 is 2. The molecule has 0 N–H and O–H groups in total. The van der Waals surface area contributed by atoms with E-state index in [2.05, 4.69) is 40.8 Å². The van der Waals surface area contributed by atoms with E-state index >= 15 is 0 Å². The quantitative estimate of drug-likeness (QED) is 0.0659. The largest absolute Gasteiger partial charge is 0.496 e. The Morgan fingerprint density at radius 1 is 0.928 bits per heavy atom. The van der Waals surface area contributed by atoms with E-state index < -0.39 is 29.0 Å². The van der Waals surface area contributed by atoms with Gasteiger partial charge in [0, 0.05) is 47.5 Å². The molecule has 15 heteroatoms. The summed E-state index contributed by atoms with van der Waals surface area (Å²) < 4.78 is 67.6. The highest BCUT2D eigenvalue weighted by atomic mass is 35.5. The molecule has 3 aliphatic rings. The van der Waals surface area contributed by atoms with E-state index in [4.69, 9.17) is 35.5 Å². The van der Waals surface area contributed by atoms with Crippen LogP contribution in [0.25, 0.3) is 11.4 Å². The zero-order valence-electron chi connectivity index (χ0n) is 40.0. The number of carbonyl (C=O) groups excluding carboxylic acids is 2. The van der Waals surface area contributed by atoms with Gasteiger partial charge in [0.15, 0.2) is 5.82 Å². The van der Waals surface area contributed by atoms with E-state index in [-0.39, 0.29) is 35.4 Å². The van der Waals surface area contributed by atoms with Crippen LogP contribution in [-0.4, -0.2) is 84.5 Å². The van der Waals surface area contributed by atoms with Crippen LogP contribution in [0.15, 0.2) is 91.3 Å². The number of fused-ring (bicyclic) bond motifs is 3. The molecule has 2 heterocycles. The lowest BCUT2D eigenvalue weighted by atomic mass is 9.59. The van der Waals surface area contributed by atoms with Crippen LogP contribution in [0.2, 0.25) is 5.02 Å². The number of benzene rings is 3. The number of amides is 1. The van der Waals surface area contributed by atoms with Gasteiger partial charge in [-0.05, 0) is 160 Å². The molecule has 0 radical (unpaired) electrons. The second-order valence-electron chi connectivity index (χ2n) is 19.1. The van der Waals surface area contributed by atoms with Crippen molar-refractivity contribution in [2.45, 2.75) is 108 Å². The molecule has 0 bridgehead atoms. The van der Waals surface area contributed by atoms with Gasteiger partial charge in [0.1, 0.15) is 22.8 Å². The first-order chi connectivity index (χ1) is 33.2. The molecule has 1 amide bonds. The van der Waals surface area contributed by atoms with E-state index in [0.29, 0.717) is 60.7 Å². The van der Waals surface area contributed by atoms with Gasteiger partial charge >= 0.3 is 18.1 Å². The molecular formula is C54H61ClF3N5O6. The van der Waals surface area contributed by atoms with Gasteiger partial charge in [0.05, 0.1) is 38.7 Å². The molecular weight excluding hydrogens is 907 g/mol. The highest BCUT2D eigenvalue weighted by Crippen LogP contribution is 2.58. The molecule has 5 aromatic rings. The van der Waals surface area contributed by atoms with Crippen LogP contribution in [-0.2, 0) is 39.1 Å². The van der Waals surface area contributed by atoms with Crippen LogP contribution in [0.4, 0.5) is 18.9 Å². The van der Waals surface area contributed by atoms with Crippen molar-refractivity contribution in [2.75, 3.05) is 45.9 Å². The normalized spacial score (nSPS) is 21.3. The Bertz CT molecular complexity index is 2620. The van der Waals surface area contributed by atoms with Gasteiger partial charge in [0.2, 0.25) is 0 Å². The third-order valence-corrected chi connectivity index (χ3v) is 14.8. The minimum absolute atomic E-state index is 0.0548. The molecule has 8 rings (SSSR count). The summed E-state index contributed by atoms with van der Waals surface area (Å²) in [7, 11) is 4.81. The number of pyridine rings is 1. The van der Waals surface area contributed by atoms with Gasteiger partial charge in [-0.2, -0.15) is 13.2 Å². The fraction of sp³-hybridized carbons (Fsp3) is 0.463. The van der Waals surface area contributed by atoms with E-state index in [1.54, 1.807) is 13.3 Å². The molecule has 1 saturated carbocycles. The number of aromatic nitrogens is 3. The van der Waals surface area contributed by atoms with Crippen molar-refractivity contribution in [1.82, 2.24) is 19.9 Å². The number of anilines is 1. The smallest absolute Gasteiger partial charge is 0.471 e. The Morgan fingerprint density at radius 3 is 2.46 bits per heavy atom. The summed E-state index contributed by atoms with van der Waals surface area (Å²) in [5.74, 6) is 0.336. The minimum Gasteiger partial charge on any atom is -0.496 e.